The summed E-state index contributed by atoms with van der Waals surface area (Å²) >= 11 is 0. The molecule has 0 aliphatic carbocycles. The molecule has 0 aromatic heterocycles. The average Bonchev–Trinajstić information content (AvgIpc) is 1.96. The van der Waals surface area contributed by atoms with Crippen LogP contribution in [0, 0.1) is 0 Å². The SMILES string of the molecule is CC(C)(F)C[C@@H](CO)NC(=O)OC(C)(C)C. The van der Waals surface area contributed by atoms with Gasteiger partial charge < -0.3 is 15.2 Å². The molecule has 0 saturated heterocycles. The average molecular weight is 235 g/mol. The number of amides is 1. The molecule has 0 saturated carbocycles. The number of carbonyl (C=O) groups is 1. The lowest BCUT2D eigenvalue weighted by atomic mass is 10.0. The van der Waals surface area contributed by atoms with Crippen molar-refractivity contribution in [1.82, 2.24) is 5.32 Å². The fourth-order valence-corrected chi connectivity index (χ4v) is 1.22. The number of nitrogens with one attached hydrogen (secondary N) is 1. The summed E-state index contributed by atoms with van der Waals surface area (Å²) in [6.07, 6.45) is -0.598. The van der Waals surface area contributed by atoms with E-state index in [2.05, 4.69) is 5.32 Å². The first-order chi connectivity index (χ1) is 7.03. The zero-order valence-corrected chi connectivity index (χ0v) is 10.6. The normalized spacial score (nSPS) is 14.4. The number of rotatable bonds is 4. The Hall–Kier alpha value is -0.840. The molecule has 96 valence electrons. The van der Waals surface area contributed by atoms with Crippen molar-refractivity contribution in [3.05, 3.63) is 0 Å². The van der Waals surface area contributed by atoms with E-state index in [0.29, 0.717) is 0 Å². The zero-order valence-electron chi connectivity index (χ0n) is 10.6. The van der Waals surface area contributed by atoms with Gasteiger partial charge in [-0.25, -0.2) is 9.18 Å². The minimum atomic E-state index is -1.44. The topological polar surface area (TPSA) is 58.6 Å². The summed E-state index contributed by atoms with van der Waals surface area (Å²) in [6, 6.07) is -0.630. The van der Waals surface area contributed by atoms with Gasteiger partial charge in [0.1, 0.15) is 11.3 Å². The van der Waals surface area contributed by atoms with Gasteiger partial charge in [-0.05, 0) is 34.6 Å². The van der Waals surface area contributed by atoms with Crippen molar-refractivity contribution in [2.45, 2.75) is 58.4 Å². The second kappa shape index (κ2) is 5.48. The Balaban J connectivity index is 4.18. The van der Waals surface area contributed by atoms with Crippen molar-refractivity contribution in [1.29, 1.82) is 0 Å². The third kappa shape index (κ3) is 8.47. The van der Waals surface area contributed by atoms with Gasteiger partial charge in [0.15, 0.2) is 0 Å². The number of hydrogen-bond acceptors (Lipinski definition) is 3. The van der Waals surface area contributed by atoms with Crippen molar-refractivity contribution in [3.63, 3.8) is 0 Å². The highest BCUT2D eigenvalue weighted by molar-refractivity contribution is 5.68. The zero-order chi connectivity index (χ0) is 13.0. The van der Waals surface area contributed by atoms with Crippen LogP contribution in [0.4, 0.5) is 9.18 Å². The molecular weight excluding hydrogens is 213 g/mol. The lowest BCUT2D eigenvalue weighted by Gasteiger charge is -2.25. The van der Waals surface area contributed by atoms with Crippen molar-refractivity contribution < 1.29 is 19.0 Å². The number of hydrogen-bond donors (Lipinski definition) is 2. The van der Waals surface area contributed by atoms with Crippen LogP contribution in [-0.2, 0) is 4.74 Å². The van der Waals surface area contributed by atoms with E-state index in [1.165, 1.54) is 13.8 Å². The monoisotopic (exact) mass is 235 g/mol. The molecule has 0 bridgehead atoms. The van der Waals surface area contributed by atoms with E-state index in [9.17, 15) is 9.18 Å². The maximum atomic E-state index is 13.3. The smallest absolute Gasteiger partial charge is 0.407 e. The minimum Gasteiger partial charge on any atom is -0.444 e. The Labute approximate surface area is 96.2 Å². The molecule has 0 aliphatic heterocycles. The molecule has 0 aliphatic rings. The summed E-state index contributed by atoms with van der Waals surface area (Å²) in [5.74, 6) is 0. The third-order valence-electron chi connectivity index (χ3n) is 1.67. The van der Waals surface area contributed by atoms with E-state index in [0.717, 1.165) is 0 Å². The molecule has 0 fully saturated rings. The van der Waals surface area contributed by atoms with Crippen molar-refractivity contribution in [2.24, 2.45) is 0 Å². The Morgan fingerprint density at radius 3 is 2.19 bits per heavy atom. The lowest BCUT2D eigenvalue weighted by molar-refractivity contribution is 0.0451. The fourth-order valence-electron chi connectivity index (χ4n) is 1.22. The molecule has 0 unspecified atom stereocenters. The van der Waals surface area contributed by atoms with Gasteiger partial charge in [-0.15, -0.1) is 0 Å². The minimum absolute atomic E-state index is 0.0444. The van der Waals surface area contributed by atoms with E-state index >= 15 is 0 Å². The highest BCUT2D eigenvalue weighted by Gasteiger charge is 2.25. The van der Waals surface area contributed by atoms with Crippen LogP contribution in [-0.4, -0.2) is 35.1 Å². The number of carbonyl (C=O) groups excluding carboxylic acids is 1. The van der Waals surface area contributed by atoms with Crippen LogP contribution < -0.4 is 5.32 Å². The third-order valence-corrected chi connectivity index (χ3v) is 1.67. The van der Waals surface area contributed by atoms with E-state index in [1.807, 2.05) is 0 Å². The van der Waals surface area contributed by atoms with Crippen LogP contribution >= 0.6 is 0 Å². The van der Waals surface area contributed by atoms with Crippen molar-refractivity contribution in [3.8, 4) is 0 Å². The molecule has 0 radical (unpaired) electrons. The largest absolute Gasteiger partial charge is 0.444 e. The van der Waals surface area contributed by atoms with Crippen LogP contribution in [0.1, 0.15) is 41.0 Å². The molecule has 0 rings (SSSR count). The van der Waals surface area contributed by atoms with Crippen LogP contribution in [0.5, 0.6) is 0 Å². The summed E-state index contributed by atoms with van der Waals surface area (Å²) in [7, 11) is 0. The Morgan fingerprint density at radius 2 is 1.88 bits per heavy atom. The van der Waals surface area contributed by atoms with Gasteiger partial charge in [0.25, 0.3) is 0 Å². The Morgan fingerprint density at radius 1 is 1.38 bits per heavy atom. The summed E-state index contributed by atoms with van der Waals surface area (Å²) in [5.41, 5.74) is -2.04. The highest BCUT2D eigenvalue weighted by atomic mass is 19.1. The summed E-state index contributed by atoms with van der Waals surface area (Å²) in [4.78, 5) is 11.3. The molecular formula is C11H22FNO3. The van der Waals surface area contributed by atoms with E-state index in [-0.39, 0.29) is 13.0 Å². The molecule has 0 aromatic carbocycles. The molecule has 0 spiro atoms. The number of halogens is 1. The first-order valence-electron chi connectivity index (χ1n) is 5.33. The lowest BCUT2D eigenvalue weighted by Crippen LogP contribution is -2.43. The second-order valence-corrected chi connectivity index (χ2v) is 5.45. The van der Waals surface area contributed by atoms with Crippen LogP contribution in [0.25, 0.3) is 0 Å². The molecule has 2 N–H and O–H groups in total. The van der Waals surface area contributed by atoms with E-state index < -0.39 is 23.4 Å². The predicted octanol–water partition coefficient (Wildman–Crippen LogP) is 2.01. The summed E-state index contributed by atoms with van der Waals surface area (Å²) < 4.78 is 18.3. The maximum Gasteiger partial charge on any atom is 0.407 e. The second-order valence-electron chi connectivity index (χ2n) is 5.45. The van der Waals surface area contributed by atoms with Gasteiger partial charge in [-0.2, -0.15) is 0 Å². The van der Waals surface area contributed by atoms with Gasteiger partial charge in [0.2, 0.25) is 0 Å². The summed E-state index contributed by atoms with van der Waals surface area (Å²) in [5, 5.41) is 11.4. The first-order valence-corrected chi connectivity index (χ1v) is 5.33. The number of aliphatic hydroxyl groups is 1. The van der Waals surface area contributed by atoms with Gasteiger partial charge in [0, 0.05) is 6.42 Å². The molecule has 5 heteroatoms. The number of alkyl carbamates (subject to hydrolysis) is 1. The Bertz CT molecular complexity index is 230. The van der Waals surface area contributed by atoms with Crippen LogP contribution in [0.3, 0.4) is 0 Å². The molecule has 1 amide bonds. The molecule has 1 atom stereocenters. The molecule has 0 heterocycles. The first kappa shape index (κ1) is 15.2. The highest BCUT2D eigenvalue weighted by Crippen LogP contribution is 2.16. The predicted molar refractivity (Wildman–Crippen MR) is 60.0 cm³/mol. The number of alkyl halides is 1. The number of ether oxygens (including phenoxy) is 1. The molecule has 4 nitrogen and oxygen atoms in total. The van der Waals surface area contributed by atoms with Gasteiger partial charge in [-0.1, -0.05) is 0 Å². The van der Waals surface area contributed by atoms with Crippen molar-refractivity contribution >= 4 is 6.09 Å². The van der Waals surface area contributed by atoms with Gasteiger partial charge in [-0.3, -0.25) is 0 Å². The van der Waals surface area contributed by atoms with Crippen molar-refractivity contribution in [2.75, 3.05) is 6.61 Å². The summed E-state index contributed by atoms with van der Waals surface area (Å²) in [6.45, 7) is 7.68. The van der Waals surface area contributed by atoms with Gasteiger partial charge in [0.05, 0.1) is 12.6 Å². The number of aliphatic hydroxyl groups excluding tert-OH is 1. The molecule has 16 heavy (non-hydrogen) atoms. The standard InChI is InChI=1S/C11H22FNO3/c1-10(2,3)16-9(15)13-8(7-14)6-11(4,5)12/h8,14H,6-7H2,1-5H3,(H,13,15)/t8-/m0/s1. The molecule has 0 aromatic rings. The van der Waals surface area contributed by atoms with E-state index in [1.54, 1.807) is 20.8 Å². The quantitative estimate of drug-likeness (QED) is 0.783. The van der Waals surface area contributed by atoms with Gasteiger partial charge >= 0.3 is 6.09 Å². The fraction of sp³-hybridized carbons (Fsp3) is 0.909. The Kier molecular flexibility index (Phi) is 5.19. The van der Waals surface area contributed by atoms with Crippen LogP contribution in [0.2, 0.25) is 0 Å². The van der Waals surface area contributed by atoms with E-state index in [4.69, 9.17) is 9.84 Å². The van der Waals surface area contributed by atoms with Crippen LogP contribution in [0.15, 0.2) is 0 Å². The maximum absolute atomic E-state index is 13.3.